The molecule has 2 N–H and O–H groups in total. The summed E-state index contributed by atoms with van der Waals surface area (Å²) in [6, 6.07) is 9.06. The number of nitrogens with one attached hydrogen (secondary N) is 2. The highest BCUT2D eigenvalue weighted by Crippen LogP contribution is 2.21. The van der Waals surface area contributed by atoms with Crippen LogP contribution < -0.4 is 11.2 Å². The zero-order chi connectivity index (χ0) is 17.8. The normalized spacial score (nSPS) is 17.3. The van der Waals surface area contributed by atoms with E-state index < -0.39 is 11.2 Å². The number of H-pyrrole nitrogens is 2. The third kappa shape index (κ3) is 3.93. The van der Waals surface area contributed by atoms with E-state index in [9.17, 15) is 19.2 Å². The lowest BCUT2D eigenvalue weighted by atomic mass is 9.90. The predicted octanol–water partition coefficient (Wildman–Crippen LogP) is 0.727. The van der Waals surface area contributed by atoms with E-state index in [0.29, 0.717) is 18.7 Å². The number of Topliss-reactive ketones (excluding diaryl/α,β-unsaturated/α-hetero) is 1. The highest BCUT2D eigenvalue weighted by atomic mass is 16.2. The minimum Gasteiger partial charge on any atom is -0.342 e. The summed E-state index contributed by atoms with van der Waals surface area (Å²) in [5.74, 6) is -0.405. The van der Waals surface area contributed by atoms with E-state index in [4.69, 9.17) is 0 Å². The molecule has 0 unspecified atom stereocenters. The number of carbonyl (C=O) groups is 2. The van der Waals surface area contributed by atoms with Crippen LogP contribution >= 0.6 is 0 Å². The minimum atomic E-state index is -0.604. The van der Waals surface area contributed by atoms with Crippen LogP contribution in [0.4, 0.5) is 0 Å². The van der Waals surface area contributed by atoms with E-state index in [0.717, 1.165) is 12.8 Å². The molecule has 2 aromatic rings. The zero-order valence-electron chi connectivity index (χ0n) is 13.7. The Morgan fingerprint density at radius 1 is 1.16 bits per heavy atom. The number of nitrogens with zero attached hydrogens (tertiary/aromatic N) is 1. The van der Waals surface area contributed by atoms with Crippen LogP contribution in [0, 0.1) is 5.92 Å². The Morgan fingerprint density at radius 3 is 2.64 bits per heavy atom. The summed E-state index contributed by atoms with van der Waals surface area (Å²) < 4.78 is 0. The molecule has 1 aliphatic heterocycles. The van der Waals surface area contributed by atoms with Crippen molar-refractivity contribution >= 4 is 11.7 Å². The van der Waals surface area contributed by atoms with Gasteiger partial charge in [-0.05, 0) is 12.8 Å². The van der Waals surface area contributed by atoms with Gasteiger partial charge in [0, 0.05) is 36.3 Å². The quantitative estimate of drug-likeness (QED) is 0.800. The lowest BCUT2D eigenvalue weighted by Gasteiger charge is -2.32. The van der Waals surface area contributed by atoms with Crippen LogP contribution in [0.15, 0.2) is 46.1 Å². The van der Waals surface area contributed by atoms with E-state index in [1.165, 1.54) is 6.20 Å². The van der Waals surface area contributed by atoms with Crippen molar-refractivity contribution in [2.75, 3.05) is 13.1 Å². The number of carbonyl (C=O) groups excluding carboxylic acids is 2. The van der Waals surface area contributed by atoms with Crippen LogP contribution in [0.25, 0.3) is 0 Å². The van der Waals surface area contributed by atoms with Crippen LogP contribution in [-0.4, -0.2) is 39.6 Å². The Labute approximate surface area is 143 Å². The molecule has 0 bridgehead atoms. The lowest BCUT2D eigenvalue weighted by Crippen LogP contribution is -2.43. The van der Waals surface area contributed by atoms with E-state index in [1.807, 2.05) is 18.2 Å². The van der Waals surface area contributed by atoms with E-state index >= 15 is 0 Å². The van der Waals surface area contributed by atoms with Gasteiger partial charge in [-0.15, -0.1) is 0 Å². The number of aromatic amines is 2. The lowest BCUT2D eigenvalue weighted by molar-refractivity contribution is -0.131. The second-order valence-electron chi connectivity index (χ2n) is 6.18. The van der Waals surface area contributed by atoms with Gasteiger partial charge in [0.2, 0.25) is 5.91 Å². The predicted molar refractivity (Wildman–Crippen MR) is 91.5 cm³/mol. The number of hydrogen-bond donors (Lipinski definition) is 2. The molecular weight excluding hydrogens is 322 g/mol. The second-order valence-corrected chi connectivity index (χ2v) is 6.18. The van der Waals surface area contributed by atoms with Gasteiger partial charge in [-0.2, -0.15) is 0 Å². The summed E-state index contributed by atoms with van der Waals surface area (Å²) in [4.78, 5) is 53.9. The average Bonchev–Trinajstić information content (AvgIpc) is 2.64. The maximum atomic E-state index is 12.6. The molecule has 7 nitrogen and oxygen atoms in total. The number of piperidine rings is 1. The molecule has 1 aromatic heterocycles. The molecule has 2 heterocycles. The minimum absolute atomic E-state index is 0.0417. The van der Waals surface area contributed by atoms with Crippen molar-refractivity contribution in [3.63, 3.8) is 0 Å². The molecule has 7 heteroatoms. The smallest absolute Gasteiger partial charge is 0.325 e. The van der Waals surface area contributed by atoms with Gasteiger partial charge in [0.1, 0.15) is 0 Å². The topological polar surface area (TPSA) is 103 Å². The standard InChI is InChI=1S/C18H19N3O4/c22-15(9-14-10-19-18(25)20-17(14)24)21-8-4-7-13(11-21)16(23)12-5-2-1-3-6-12/h1-3,5-6,10,13H,4,7-9,11H2,(H2,19,20,24,25)/t13-/m1/s1. The fourth-order valence-electron chi connectivity index (χ4n) is 3.10. The number of aromatic nitrogens is 2. The zero-order valence-corrected chi connectivity index (χ0v) is 13.7. The van der Waals surface area contributed by atoms with Crippen LogP contribution in [0.2, 0.25) is 0 Å². The molecule has 1 saturated heterocycles. The maximum Gasteiger partial charge on any atom is 0.325 e. The van der Waals surface area contributed by atoms with Gasteiger partial charge in [-0.1, -0.05) is 30.3 Å². The number of ketones is 1. The van der Waals surface area contributed by atoms with Crippen molar-refractivity contribution in [2.45, 2.75) is 19.3 Å². The van der Waals surface area contributed by atoms with Crippen LogP contribution in [0.3, 0.4) is 0 Å². The molecule has 1 amide bonds. The summed E-state index contributed by atoms with van der Waals surface area (Å²) in [5.41, 5.74) is -0.307. The van der Waals surface area contributed by atoms with E-state index in [1.54, 1.807) is 17.0 Å². The van der Waals surface area contributed by atoms with E-state index in [2.05, 4.69) is 9.97 Å². The van der Waals surface area contributed by atoms with Gasteiger partial charge in [0.15, 0.2) is 5.78 Å². The Bertz CT molecular complexity index is 885. The monoisotopic (exact) mass is 341 g/mol. The molecule has 0 radical (unpaired) electrons. The van der Waals surface area contributed by atoms with Gasteiger partial charge < -0.3 is 9.88 Å². The molecule has 25 heavy (non-hydrogen) atoms. The number of hydrogen-bond acceptors (Lipinski definition) is 4. The van der Waals surface area contributed by atoms with E-state index in [-0.39, 0.29) is 29.6 Å². The molecule has 0 saturated carbocycles. The first-order chi connectivity index (χ1) is 12.0. The first-order valence-corrected chi connectivity index (χ1v) is 8.22. The SMILES string of the molecule is O=C(c1ccccc1)[C@@H]1CCCN(C(=O)Cc2c[nH]c(=O)[nH]c2=O)C1. The molecule has 130 valence electrons. The summed E-state index contributed by atoms with van der Waals surface area (Å²) in [6.07, 6.45) is 2.65. The molecule has 1 aromatic carbocycles. The van der Waals surface area contributed by atoms with Gasteiger partial charge in [0.25, 0.3) is 5.56 Å². The molecule has 1 aliphatic rings. The summed E-state index contributed by atoms with van der Waals surface area (Å²) in [7, 11) is 0. The summed E-state index contributed by atoms with van der Waals surface area (Å²) >= 11 is 0. The first-order valence-electron chi connectivity index (χ1n) is 8.22. The Balaban J connectivity index is 1.68. The van der Waals surface area contributed by atoms with Crippen LogP contribution in [0.5, 0.6) is 0 Å². The molecular formula is C18H19N3O4. The van der Waals surface area contributed by atoms with Crippen LogP contribution in [-0.2, 0) is 11.2 Å². The van der Waals surface area contributed by atoms with Crippen molar-refractivity contribution in [3.8, 4) is 0 Å². The second kappa shape index (κ2) is 7.29. The average molecular weight is 341 g/mol. The number of rotatable bonds is 4. The van der Waals surface area contributed by atoms with Gasteiger partial charge in [-0.3, -0.25) is 19.4 Å². The van der Waals surface area contributed by atoms with Gasteiger partial charge in [0.05, 0.1) is 6.42 Å². The number of amides is 1. The molecule has 3 rings (SSSR count). The fourth-order valence-corrected chi connectivity index (χ4v) is 3.10. The van der Waals surface area contributed by atoms with Crippen molar-refractivity contribution in [1.82, 2.24) is 14.9 Å². The molecule has 1 fully saturated rings. The molecule has 1 atom stereocenters. The maximum absolute atomic E-state index is 12.6. The largest absolute Gasteiger partial charge is 0.342 e. The Morgan fingerprint density at radius 2 is 1.92 bits per heavy atom. The summed E-state index contributed by atoms with van der Waals surface area (Å²) in [5, 5.41) is 0. The van der Waals surface area contributed by atoms with Crippen molar-refractivity contribution in [3.05, 3.63) is 68.5 Å². The highest BCUT2D eigenvalue weighted by molar-refractivity contribution is 5.98. The number of benzene rings is 1. The van der Waals surface area contributed by atoms with Crippen molar-refractivity contribution in [2.24, 2.45) is 5.92 Å². The fraction of sp³-hybridized carbons (Fsp3) is 0.333. The Hall–Kier alpha value is -2.96. The third-order valence-electron chi connectivity index (χ3n) is 4.44. The molecule has 0 aliphatic carbocycles. The summed E-state index contributed by atoms with van der Waals surface area (Å²) in [6.45, 7) is 0.923. The number of likely N-dealkylation sites (tertiary alicyclic amines) is 1. The van der Waals surface area contributed by atoms with Gasteiger partial charge in [-0.25, -0.2) is 4.79 Å². The van der Waals surface area contributed by atoms with Crippen LogP contribution in [0.1, 0.15) is 28.8 Å². The van der Waals surface area contributed by atoms with Gasteiger partial charge >= 0.3 is 5.69 Å². The Kier molecular flexibility index (Phi) is 4.92. The molecule has 0 spiro atoms. The van der Waals surface area contributed by atoms with Crippen molar-refractivity contribution in [1.29, 1.82) is 0 Å². The first kappa shape index (κ1) is 16.9. The third-order valence-corrected chi connectivity index (χ3v) is 4.44. The highest BCUT2D eigenvalue weighted by Gasteiger charge is 2.29. The van der Waals surface area contributed by atoms with Crippen molar-refractivity contribution < 1.29 is 9.59 Å².